The Hall–Kier alpha value is -1.35. The zero-order valence-corrected chi connectivity index (χ0v) is 9.98. The Bertz CT molecular complexity index is 384. The molecule has 0 bridgehead atoms. The molecular formula is C14H19NO2. The third-order valence-electron chi connectivity index (χ3n) is 3.34. The lowest BCUT2D eigenvalue weighted by atomic mass is 9.95. The van der Waals surface area contributed by atoms with Crippen molar-refractivity contribution in [3.63, 3.8) is 0 Å². The highest BCUT2D eigenvalue weighted by Crippen LogP contribution is 2.23. The number of carboxylic acids is 1. The van der Waals surface area contributed by atoms with Crippen LogP contribution in [0.4, 0.5) is 0 Å². The second-order valence-electron chi connectivity index (χ2n) is 4.68. The fourth-order valence-electron chi connectivity index (χ4n) is 2.39. The third-order valence-corrected chi connectivity index (χ3v) is 3.34. The standard InChI is InChI=1S/C14H19NO2/c16-14(17)6-2-4-11-3-1-5-12(9-11)13-7-8-15-10-13/h1,3,5,9,13,15H,2,4,6-8,10H2,(H,16,17). The smallest absolute Gasteiger partial charge is 0.303 e. The van der Waals surface area contributed by atoms with E-state index >= 15 is 0 Å². The SMILES string of the molecule is O=C(O)CCCc1cccc(C2CCNC2)c1. The molecule has 0 saturated carbocycles. The van der Waals surface area contributed by atoms with Gasteiger partial charge in [0.25, 0.3) is 0 Å². The second kappa shape index (κ2) is 5.82. The van der Waals surface area contributed by atoms with E-state index in [1.54, 1.807) is 0 Å². The molecule has 2 rings (SSSR count). The number of aliphatic carboxylic acids is 1. The van der Waals surface area contributed by atoms with Crippen LogP contribution in [0.5, 0.6) is 0 Å². The van der Waals surface area contributed by atoms with E-state index in [1.807, 2.05) is 0 Å². The molecule has 92 valence electrons. The summed E-state index contributed by atoms with van der Waals surface area (Å²) < 4.78 is 0. The van der Waals surface area contributed by atoms with E-state index in [0.717, 1.165) is 25.9 Å². The molecule has 1 unspecified atom stereocenters. The van der Waals surface area contributed by atoms with Crippen LogP contribution in [0.15, 0.2) is 24.3 Å². The minimum Gasteiger partial charge on any atom is -0.481 e. The summed E-state index contributed by atoms with van der Waals surface area (Å²) in [7, 11) is 0. The Morgan fingerprint density at radius 3 is 3.06 bits per heavy atom. The average Bonchev–Trinajstić information content (AvgIpc) is 2.82. The summed E-state index contributed by atoms with van der Waals surface area (Å²) in [6.07, 6.45) is 3.05. The summed E-state index contributed by atoms with van der Waals surface area (Å²) >= 11 is 0. The molecule has 17 heavy (non-hydrogen) atoms. The Kier molecular flexibility index (Phi) is 4.15. The van der Waals surface area contributed by atoms with Gasteiger partial charge in [-0.05, 0) is 42.9 Å². The van der Waals surface area contributed by atoms with Crippen molar-refractivity contribution in [1.82, 2.24) is 5.32 Å². The van der Waals surface area contributed by atoms with Gasteiger partial charge in [0.15, 0.2) is 0 Å². The molecule has 1 fully saturated rings. The number of hydrogen-bond acceptors (Lipinski definition) is 2. The predicted octanol–water partition coefficient (Wildman–Crippen LogP) is 2.17. The van der Waals surface area contributed by atoms with Gasteiger partial charge in [0, 0.05) is 13.0 Å². The maximum atomic E-state index is 10.5. The van der Waals surface area contributed by atoms with E-state index in [2.05, 4.69) is 29.6 Å². The van der Waals surface area contributed by atoms with E-state index in [4.69, 9.17) is 5.11 Å². The van der Waals surface area contributed by atoms with Crippen LogP contribution in [0, 0.1) is 0 Å². The molecule has 0 aliphatic carbocycles. The largest absolute Gasteiger partial charge is 0.481 e. The molecule has 1 aromatic rings. The molecule has 2 N–H and O–H groups in total. The van der Waals surface area contributed by atoms with Crippen molar-refractivity contribution in [2.75, 3.05) is 13.1 Å². The number of nitrogens with one attached hydrogen (secondary N) is 1. The fraction of sp³-hybridized carbons (Fsp3) is 0.500. The van der Waals surface area contributed by atoms with Crippen LogP contribution in [0.25, 0.3) is 0 Å². The van der Waals surface area contributed by atoms with E-state index in [0.29, 0.717) is 5.92 Å². The van der Waals surface area contributed by atoms with Crippen LogP contribution in [0.2, 0.25) is 0 Å². The van der Waals surface area contributed by atoms with Gasteiger partial charge in [0.1, 0.15) is 0 Å². The van der Waals surface area contributed by atoms with Crippen LogP contribution >= 0.6 is 0 Å². The zero-order valence-electron chi connectivity index (χ0n) is 9.98. The van der Waals surface area contributed by atoms with Crippen molar-refractivity contribution < 1.29 is 9.90 Å². The van der Waals surface area contributed by atoms with E-state index in [9.17, 15) is 4.79 Å². The molecule has 1 heterocycles. The summed E-state index contributed by atoms with van der Waals surface area (Å²) in [5.41, 5.74) is 2.65. The minimum atomic E-state index is -0.707. The molecule has 0 spiro atoms. The molecule has 1 aliphatic rings. The van der Waals surface area contributed by atoms with Gasteiger partial charge < -0.3 is 10.4 Å². The molecular weight excluding hydrogens is 214 g/mol. The maximum Gasteiger partial charge on any atom is 0.303 e. The van der Waals surface area contributed by atoms with Crippen LogP contribution in [0.3, 0.4) is 0 Å². The number of rotatable bonds is 5. The molecule has 0 amide bonds. The van der Waals surface area contributed by atoms with Gasteiger partial charge >= 0.3 is 5.97 Å². The highest BCUT2D eigenvalue weighted by molar-refractivity contribution is 5.66. The average molecular weight is 233 g/mol. The Morgan fingerprint density at radius 2 is 2.35 bits per heavy atom. The highest BCUT2D eigenvalue weighted by Gasteiger charge is 2.16. The monoisotopic (exact) mass is 233 g/mol. The van der Waals surface area contributed by atoms with Gasteiger partial charge in [-0.2, -0.15) is 0 Å². The first-order valence-electron chi connectivity index (χ1n) is 6.27. The van der Waals surface area contributed by atoms with Crippen molar-refractivity contribution >= 4 is 5.97 Å². The number of hydrogen-bond donors (Lipinski definition) is 2. The first-order chi connectivity index (χ1) is 8.25. The topological polar surface area (TPSA) is 49.3 Å². The summed E-state index contributed by atoms with van der Waals surface area (Å²) in [5.74, 6) is -0.0735. The van der Waals surface area contributed by atoms with Crippen molar-refractivity contribution in [3.8, 4) is 0 Å². The molecule has 0 aromatic heterocycles. The Labute approximate surface area is 102 Å². The fourth-order valence-corrected chi connectivity index (χ4v) is 2.39. The molecule has 1 atom stereocenters. The van der Waals surface area contributed by atoms with Crippen molar-refractivity contribution in [2.45, 2.75) is 31.6 Å². The molecule has 1 aliphatic heterocycles. The van der Waals surface area contributed by atoms with Gasteiger partial charge in [0.05, 0.1) is 0 Å². The first kappa shape index (κ1) is 12.1. The minimum absolute atomic E-state index is 0.259. The van der Waals surface area contributed by atoms with E-state index in [-0.39, 0.29) is 6.42 Å². The van der Waals surface area contributed by atoms with E-state index in [1.165, 1.54) is 17.5 Å². The quantitative estimate of drug-likeness (QED) is 0.819. The van der Waals surface area contributed by atoms with Gasteiger partial charge in [-0.15, -0.1) is 0 Å². The van der Waals surface area contributed by atoms with Crippen LogP contribution < -0.4 is 5.32 Å². The van der Waals surface area contributed by atoms with Gasteiger partial charge in [0.2, 0.25) is 0 Å². The molecule has 1 saturated heterocycles. The molecule has 3 nitrogen and oxygen atoms in total. The lowest BCUT2D eigenvalue weighted by molar-refractivity contribution is -0.137. The van der Waals surface area contributed by atoms with Gasteiger partial charge in [-0.25, -0.2) is 0 Å². The van der Waals surface area contributed by atoms with Gasteiger partial charge in [-0.1, -0.05) is 24.3 Å². The number of benzene rings is 1. The zero-order chi connectivity index (χ0) is 12.1. The summed E-state index contributed by atoms with van der Waals surface area (Å²) in [6, 6.07) is 8.59. The van der Waals surface area contributed by atoms with Crippen LogP contribution in [0.1, 0.15) is 36.3 Å². The second-order valence-corrected chi connectivity index (χ2v) is 4.68. The number of aryl methyl sites for hydroxylation is 1. The summed E-state index contributed by atoms with van der Waals surface area (Å²) in [6.45, 7) is 2.17. The van der Waals surface area contributed by atoms with Crippen LogP contribution in [-0.4, -0.2) is 24.2 Å². The van der Waals surface area contributed by atoms with Crippen molar-refractivity contribution in [3.05, 3.63) is 35.4 Å². The maximum absolute atomic E-state index is 10.5. The number of carboxylic acid groups (broad SMARTS) is 1. The lowest BCUT2D eigenvalue weighted by Gasteiger charge is -2.10. The van der Waals surface area contributed by atoms with Gasteiger partial charge in [-0.3, -0.25) is 4.79 Å². The first-order valence-corrected chi connectivity index (χ1v) is 6.27. The Morgan fingerprint density at radius 1 is 1.47 bits per heavy atom. The van der Waals surface area contributed by atoms with E-state index < -0.39 is 5.97 Å². The highest BCUT2D eigenvalue weighted by atomic mass is 16.4. The molecule has 0 radical (unpaired) electrons. The number of carbonyl (C=O) groups is 1. The predicted molar refractivity (Wildman–Crippen MR) is 67.2 cm³/mol. The summed E-state index contributed by atoms with van der Waals surface area (Å²) in [5, 5.41) is 12.0. The molecule has 1 aromatic carbocycles. The third kappa shape index (κ3) is 3.56. The summed E-state index contributed by atoms with van der Waals surface area (Å²) in [4.78, 5) is 10.5. The van der Waals surface area contributed by atoms with Crippen molar-refractivity contribution in [2.24, 2.45) is 0 Å². The van der Waals surface area contributed by atoms with Crippen LogP contribution in [-0.2, 0) is 11.2 Å². The normalized spacial score (nSPS) is 19.4. The van der Waals surface area contributed by atoms with Crippen molar-refractivity contribution in [1.29, 1.82) is 0 Å². The molecule has 3 heteroatoms. The Balaban J connectivity index is 1.93. The lowest BCUT2D eigenvalue weighted by Crippen LogP contribution is -2.08.